The van der Waals surface area contributed by atoms with Crippen LogP contribution >= 0.6 is 0 Å². The third kappa shape index (κ3) is 15.1. The Bertz CT molecular complexity index is 3210. The molecule has 20 nitrogen and oxygen atoms in total. The second-order valence-electron chi connectivity index (χ2n) is 26.5. The van der Waals surface area contributed by atoms with Gasteiger partial charge in [-0.05, 0) is 97.5 Å². The summed E-state index contributed by atoms with van der Waals surface area (Å²) in [5.41, 5.74) is 5.58. The van der Waals surface area contributed by atoms with Gasteiger partial charge >= 0.3 is 11.9 Å². The van der Waals surface area contributed by atoms with Crippen LogP contribution in [0.25, 0.3) is 0 Å². The molecule has 2 aromatic heterocycles. The minimum Gasteiger partial charge on any atom is -0.491 e. The van der Waals surface area contributed by atoms with Crippen LogP contribution in [0.3, 0.4) is 0 Å². The maximum Gasteiger partial charge on any atom is 0.338 e. The van der Waals surface area contributed by atoms with Crippen molar-refractivity contribution < 1.29 is 56.4 Å². The van der Waals surface area contributed by atoms with Gasteiger partial charge in [-0.3, -0.25) is 39.2 Å². The van der Waals surface area contributed by atoms with E-state index in [0.29, 0.717) is 101 Å². The second kappa shape index (κ2) is 27.8. The molecule has 3 aromatic carbocycles. The van der Waals surface area contributed by atoms with Crippen molar-refractivity contribution in [2.75, 3.05) is 142 Å². The molecule has 90 heavy (non-hydrogen) atoms. The molecule has 4 fully saturated rings. The van der Waals surface area contributed by atoms with Crippen molar-refractivity contribution in [3.63, 3.8) is 0 Å². The zero-order valence-electron chi connectivity index (χ0n) is 53.1. The van der Waals surface area contributed by atoms with Gasteiger partial charge in [0.2, 0.25) is 11.8 Å². The van der Waals surface area contributed by atoms with Gasteiger partial charge in [0.05, 0.1) is 74.4 Å². The number of esters is 2. The van der Waals surface area contributed by atoms with Crippen molar-refractivity contribution in [3.05, 3.63) is 142 Å². The lowest BCUT2D eigenvalue weighted by molar-refractivity contribution is -0.121. The van der Waals surface area contributed by atoms with Crippen LogP contribution in [0.1, 0.15) is 95.9 Å². The van der Waals surface area contributed by atoms with Gasteiger partial charge in [-0.15, -0.1) is 0 Å². The normalized spacial score (nSPS) is 23.7. The fourth-order valence-electron chi connectivity index (χ4n) is 13.7. The number of anilines is 2. The quantitative estimate of drug-likeness (QED) is 0.0909. The average molecular weight is 1240 g/mol. The van der Waals surface area contributed by atoms with E-state index in [0.717, 1.165) is 73.2 Å². The van der Waals surface area contributed by atoms with Crippen molar-refractivity contribution in [1.29, 1.82) is 0 Å². The highest BCUT2D eigenvalue weighted by molar-refractivity contribution is 5.98. The molecule has 0 radical (unpaired) electrons. The highest BCUT2D eigenvalue weighted by Crippen LogP contribution is 2.42. The Morgan fingerprint density at radius 3 is 1.46 bits per heavy atom. The molecule has 0 aliphatic carbocycles. The number of halogens is 2. The van der Waals surface area contributed by atoms with Crippen LogP contribution in [-0.4, -0.2) is 222 Å². The van der Waals surface area contributed by atoms with Crippen LogP contribution in [0, 0.1) is 11.6 Å². The van der Waals surface area contributed by atoms with E-state index in [-0.39, 0.29) is 83.2 Å². The van der Waals surface area contributed by atoms with Gasteiger partial charge in [-0.1, -0.05) is 45.9 Å². The predicted octanol–water partition coefficient (Wildman–Crippen LogP) is 5.64. The van der Waals surface area contributed by atoms with Crippen LogP contribution in [0.2, 0.25) is 0 Å². The number of rotatable bonds is 20. The van der Waals surface area contributed by atoms with E-state index < -0.39 is 23.6 Å². The van der Waals surface area contributed by atoms with Gasteiger partial charge < -0.3 is 48.9 Å². The second-order valence-corrected chi connectivity index (χ2v) is 26.5. The Hall–Kier alpha value is -7.02. The number of pyridine rings is 2. The predicted molar refractivity (Wildman–Crippen MR) is 336 cm³/mol. The Morgan fingerprint density at radius 2 is 1.03 bits per heavy atom. The van der Waals surface area contributed by atoms with E-state index in [9.17, 15) is 28.0 Å². The molecule has 0 spiro atoms. The number of nitrogens with one attached hydrogen (secondary N) is 2. The highest BCUT2D eigenvalue weighted by atomic mass is 19.1. The first-order valence-corrected chi connectivity index (χ1v) is 31.5. The Labute approximate surface area is 526 Å². The lowest BCUT2D eigenvalue weighted by atomic mass is 9.91. The van der Waals surface area contributed by atoms with E-state index in [1.165, 1.54) is 38.5 Å². The van der Waals surface area contributed by atoms with Gasteiger partial charge in [0, 0.05) is 132 Å². The molecule has 482 valence electrons. The summed E-state index contributed by atoms with van der Waals surface area (Å²) in [6.45, 7) is 23.2. The first kappa shape index (κ1) is 64.5. The number of morpholine rings is 2. The molecule has 2 amide bonds. The number of benzene rings is 3. The minimum atomic E-state index is -0.614. The highest BCUT2D eigenvalue weighted by Gasteiger charge is 2.43. The number of aromatic nitrogens is 2. The zero-order valence-corrected chi connectivity index (χ0v) is 53.1. The number of carbonyl (C=O) groups is 4. The van der Waals surface area contributed by atoms with E-state index in [1.54, 1.807) is 24.5 Å². The monoisotopic (exact) mass is 1240 g/mol. The average Bonchev–Trinajstić information content (AvgIpc) is 1.63. The van der Waals surface area contributed by atoms with Gasteiger partial charge in [0.25, 0.3) is 0 Å². The topological polar surface area (TPSA) is 193 Å². The lowest BCUT2D eigenvalue weighted by Crippen LogP contribution is -2.61. The maximum atomic E-state index is 14.5. The summed E-state index contributed by atoms with van der Waals surface area (Å²) in [6.07, 6.45) is 3.84. The molecule has 6 atom stereocenters. The molecule has 6 aliphatic rings. The Balaban J connectivity index is 0.652. The number of amides is 2. The lowest BCUT2D eigenvalue weighted by Gasteiger charge is -2.43. The van der Waals surface area contributed by atoms with E-state index in [4.69, 9.17) is 38.4 Å². The fourth-order valence-corrected chi connectivity index (χ4v) is 13.7. The first-order chi connectivity index (χ1) is 43.2. The van der Waals surface area contributed by atoms with Gasteiger partial charge in [-0.25, -0.2) is 18.4 Å². The number of hydrogen-bond donors (Lipinski definition) is 2. The molecule has 0 unspecified atom stereocenters. The standard InChI is InChI=1S/C68H86F2N10O10/c1-43-31-77(37-61(81)79-41-67(3,4)63-59(79)22-45(27-73-63)20-47-12-14-49(69)24-57(47)65(83)85-7)51(29-71-43)33-75-16-18-87-55(35-75)39-89-53-10-9-11-54(26-53)90-40-56-36-76(17-19-88-56)34-52-30-72-44(2)32-78(52)38-62(82)80-42-68(5,6)64-60(80)23-46(28-74-64)21-48-13-15-50(70)25-58(48)66(84)86-8/h9-15,22-28,43-44,51-52,55-56,71-72H,16-21,29-42H2,1-8H3/t43-,44-,51-,52-,55+,56+/m1/s1. The first-order valence-electron chi connectivity index (χ1n) is 31.5. The molecule has 11 rings (SSSR count). The fraction of sp³-hybridized carbons (Fsp3) is 0.529. The molecule has 22 heteroatoms. The SMILES string of the molecule is COC(=O)c1cc(F)ccc1Cc1cnc2c(c1)N(C(=O)CN1C[C@@H](C)NC[C@@H]1CN1CCO[C@H](COc3cccc(OC[C@@H]4CN(C[C@H]5CN[C@H](C)CN5CC(=O)N5CC(C)(C)c6ncc(Cc7ccc(F)cc7C(=O)OC)cc65)CCO4)c3)C1)CC2(C)C. The Kier molecular flexibility index (Phi) is 19.9. The number of piperazine rings is 2. The van der Waals surface area contributed by atoms with Gasteiger partial charge in [0.1, 0.15) is 48.6 Å². The van der Waals surface area contributed by atoms with Crippen molar-refractivity contribution in [3.8, 4) is 11.5 Å². The summed E-state index contributed by atoms with van der Waals surface area (Å²) in [5, 5.41) is 7.30. The molecule has 0 saturated carbocycles. The summed E-state index contributed by atoms with van der Waals surface area (Å²) in [5.74, 6) is -0.928. The third-order valence-corrected chi connectivity index (χ3v) is 18.4. The van der Waals surface area contributed by atoms with Crippen LogP contribution in [0.5, 0.6) is 11.5 Å². The van der Waals surface area contributed by atoms with Crippen LogP contribution in [0.15, 0.2) is 85.2 Å². The Morgan fingerprint density at radius 1 is 0.600 bits per heavy atom. The number of methoxy groups -OCH3 is 2. The molecular formula is C68H86F2N10O10. The van der Waals surface area contributed by atoms with Crippen molar-refractivity contribution in [1.82, 2.24) is 40.2 Å². The van der Waals surface area contributed by atoms with Crippen LogP contribution in [-0.2, 0) is 52.2 Å². The van der Waals surface area contributed by atoms with Crippen molar-refractivity contribution in [2.24, 2.45) is 0 Å². The van der Waals surface area contributed by atoms with Gasteiger partial charge in [0.15, 0.2) is 0 Å². The van der Waals surface area contributed by atoms with E-state index in [1.807, 2.05) is 46.2 Å². The number of hydrogen-bond acceptors (Lipinski definition) is 18. The number of fused-ring (bicyclic) bond motifs is 2. The molecule has 6 aliphatic heterocycles. The summed E-state index contributed by atoms with van der Waals surface area (Å²) >= 11 is 0. The van der Waals surface area contributed by atoms with E-state index in [2.05, 4.69) is 71.8 Å². The molecule has 8 heterocycles. The molecule has 2 N–H and O–H groups in total. The number of nitrogens with zero attached hydrogens (tertiary/aromatic N) is 8. The molecular weight excluding hydrogens is 1150 g/mol. The molecule has 5 aromatic rings. The summed E-state index contributed by atoms with van der Waals surface area (Å²) in [4.78, 5) is 77.0. The summed E-state index contributed by atoms with van der Waals surface area (Å²) in [6, 6.07) is 20.4. The van der Waals surface area contributed by atoms with Crippen molar-refractivity contribution in [2.45, 2.75) is 102 Å². The largest absolute Gasteiger partial charge is 0.491 e. The smallest absolute Gasteiger partial charge is 0.338 e. The zero-order chi connectivity index (χ0) is 63.4. The summed E-state index contributed by atoms with van der Waals surface area (Å²) < 4.78 is 63.6. The number of ether oxygens (including phenoxy) is 6. The van der Waals surface area contributed by atoms with E-state index >= 15 is 0 Å². The van der Waals surface area contributed by atoms with Crippen LogP contribution in [0.4, 0.5) is 20.2 Å². The number of carbonyl (C=O) groups excluding carboxylic acids is 4. The van der Waals surface area contributed by atoms with Crippen LogP contribution < -0.4 is 29.9 Å². The third-order valence-electron chi connectivity index (χ3n) is 18.4. The maximum absolute atomic E-state index is 14.5. The molecule has 0 bridgehead atoms. The van der Waals surface area contributed by atoms with Gasteiger partial charge in [-0.2, -0.15) is 0 Å². The van der Waals surface area contributed by atoms with Crippen molar-refractivity contribution >= 4 is 35.1 Å². The molecule has 4 saturated heterocycles. The minimum absolute atomic E-state index is 0.00261. The summed E-state index contributed by atoms with van der Waals surface area (Å²) in [7, 11) is 2.55.